The van der Waals surface area contributed by atoms with Gasteiger partial charge in [-0.3, -0.25) is 0 Å². The van der Waals surface area contributed by atoms with Crippen molar-refractivity contribution in [3.8, 4) is 0 Å². The zero-order valence-electron chi connectivity index (χ0n) is 15.1. The van der Waals surface area contributed by atoms with Gasteiger partial charge in [-0.05, 0) is 31.8 Å². The van der Waals surface area contributed by atoms with Crippen molar-refractivity contribution >= 4 is 15.9 Å². The van der Waals surface area contributed by atoms with Crippen molar-refractivity contribution in [1.82, 2.24) is 15.5 Å². The molecule has 0 heterocycles. The summed E-state index contributed by atoms with van der Waals surface area (Å²) >= 11 is 0. The minimum Gasteiger partial charge on any atom is -0.337 e. The third-order valence-electron chi connectivity index (χ3n) is 4.02. The normalized spacial score (nSPS) is 12.6. The zero-order chi connectivity index (χ0) is 19.0. The van der Waals surface area contributed by atoms with E-state index in [2.05, 4.69) is 10.6 Å². The molecule has 2 aromatic carbocycles. The molecule has 1 unspecified atom stereocenters. The Labute approximate surface area is 155 Å². The first-order valence-corrected chi connectivity index (χ1v) is 10.1. The summed E-state index contributed by atoms with van der Waals surface area (Å²) in [7, 11) is 0.502. The van der Waals surface area contributed by atoms with Crippen molar-refractivity contribution in [3.05, 3.63) is 66.2 Å². The number of benzene rings is 2. The van der Waals surface area contributed by atoms with Crippen LogP contribution in [-0.4, -0.2) is 52.3 Å². The molecule has 26 heavy (non-hydrogen) atoms. The molecule has 0 aliphatic heterocycles. The standard InChI is InChI=1S/C19H25N3O3S/c1-22(2)18(16-9-5-3-6-10-16)15-21-19(23)20-13-14-26(24,25)17-11-7-4-8-12-17/h3-12,18H,13-15H2,1-2H3,(H2,20,21,23). The van der Waals surface area contributed by atoms with Crippen molar-refractivity contribution in [2.75, 3.05) is 32.9 Å². The Balaban J connectivity index is 1.81. The smallest absolute Gasteiger partial charge is 0.314 e. The highest BCUT2D eigenvalue weighted by Crippen LogP contribution is 2.16. The molecule has 2 aromatic rings. The Hall–Kier alpha value is -2.38. The maximum absolute atomic E-state index is 12.2. The van der Waals surface area contributed by atoms with E-state index in [0.717, 1.165) is 5.56 Å². The number of nitrogens with one attached hydrogen (secondary N) is 2. The van der Waals surface area contributed by atoms with E-state index >= 15 is 0 Å². The van der Waals surface area contributed by atoms with Crippen molar-refractivity contribution < 1.29 is 13.2 Å². The number of hydrogen-bond acceptors (Lipinski definition) is 4. The summed E-state index contributed by atoms with van der Waals surface area (Å²) in [5.41, 5.74) is 1.10. The van der Waals surface area contributed by atoms with Crippen LogP contribution in [0.2, 0.25) is 0 Å². The van der Waals surface area contributed by atoms with Crippen LogP contribution in [0, 0.1) is 0 Å². The molecule has 140 valence electrons. The van der Waals surface area contributed by atoms with Gasteiger partial charge in [0.1, 0.15) is 0 Å². The Kier molecular flexibility index (Phi) is 7.17. The lowest BCUT2D eigenvalue weighted by molar-refractivity contribution is 0.233. The van der Waals surface area contributed by atoms with E-state index in [-0.39, 0.29) is 29.3 Å². The van der Waals surface area contributed by atoms with Gasteiger partial charge < -0.3 is 15.5 Å². The molecule has 0 fully saturated rings. The number of likely N-dealkylation sites (N-methyl/N-ethyl adjacent to an activating group) is 1. The summed E-state index contributed by atoms with van der Waals surface area (Å²) in [6.07, 6.45) is 0. The molecule has 7 heteroatoms. The molecular formula is C19H25N3O3S. The van der Waals surface area contributed by atoms with Crippen molar-refractivity contribution in [2.45, 2.75) is 10.9 Å². The van der Waals surface area contributed by atoms with E-state index in [1.54, 1.807) is 30.3 Å². The van der Waals surface area contributed by atoms with E-state index in [9.17, 15) is 13.2 Å². The van der Waals surface area contributed by atoms with E-state index < -0.39 is 9.84 Å². The predicted molar refractivity (Wildman–Crippen MR) is 103 cm³/mol. The maximum atomic E-state index is 12.2. The van der Waals surface area contributed by atoms with Gasteiger partial charge in [0.25, 0.3) is 0 Å². The fraction of sp³-hybridized carbons (Fsp3) is 0.316. The average Bonchev–Trinajstić information content (AvgIpc) is 2.63. The van der Waals surface area contributed by atoms with Crippen LogP contribution in [0.5, 0.6) is 0 Å². The number of amides is 2. The lowest BCUT2D eigenvalue weighted by Crippen LogP contribution is -2.41. The van der Waals surface area contributed by atoms with Crippen molar-refractivity contribution in [1.29, 1.82) is 0 Å². The maximum Gasteiger partial charge on any atom is 0.314 e. The number of urea groups is 1. The summed E-state index contributed by atoms with van der Waals surface area (Å²) in [4.78, 5) is 14.3. The van der Waals surface area contributed by atoms with Gasteiger partial charge in [0.05, 0.1) is 16.7 Å². The Bertz CT molecular complexity index is 793. The van der Waals surface area contributed by atoms with Crippen LogP contribution in [0.15, 0.2) is 65.6 Å². The number of rotatable bonds is 8. The largest absolute Gasteiger partial charge is 0.337 e. The van der Waals surface area contributed by atoms with Gasteiger partial charge in [0, 0.05) is 13.1 Å². The second-order valence-electron chi connectivity index (χ2n) is 6.16. The fourth-order valence-corrected chi connectivity index (χ4v) is 3.75. The molecule has 0 saturated carbocycles. The van der Waals surface area contributed by atoms with Gasteiger partial charge in [0.15, 0.2) is 9.84 Å². The van der Waals surface area contributed by atoms with Gasteiger partial charge in [-0.25, -0.2) is 13.2 Å². The van der Waals surface area contributed by atoms with Crippen molar-refractivity contribution in [3.63, 3.8) is 0 Å². The highest BCUT2D eigenvalue weighted by Gasteiger charge is 2.16. The fourth-order valence-electron chi connectivity index (χ4n) is 2.57. The van der Waals surface area contributed by atoms with Crippen LogP contribution in [-0.2, 0) is 9.84 Å². The Morgan fingerprint density at radius 3 is 2.12 bits per heavy atom. The second kappa shape index (κ2) is 9.35. The summed E-state index contributed by atoms with van der Waals surface area (Å²) < 4.78 is 24.4. The second-order valence-corrected chi connectivity index (χ2v) is 8.27. The molecule has 0 spiro atoms. The number of nitrogens with zero attached hydrogens (tertiary/aromatic N) is 1. The molecule has 0 saturated heterocycles. The SMILES string of the molecule is CN(C)C(CNC(=O)NCCS(=O)(=O)c1ccccc1)c1ccccc1. The third-order valence-corrected chi connectivity index (χ3v) is 5.75. The van der Waals surface area contributed by atoms with Gasteiger partial charge in [0.2, 0.25) is 0 Å². The van der Waals surface area contributed by atoms with Crippen LogP contribution >= 0.6 is 0 Å². The molecule has 2 amide bonds. The first-order chi connectivity index (χ1) is 12.4. The molecule has 0 aliphatic carbocycles. The zero-order valence-corrected chi connectivity index (χ0v) is 15.9. The van der Waals surface area contributed by atoms with Crippen LogP contribution in [0.25, 0.3) is 0 Å². The lowest BCUT2D eigenvalue weighted by atomic mass is 10.1. The van der Waals surface area contributed by atoms with Gasteiger partial charge in [-0.15, -0.1) is 0 Å². The molecule has 0 radical (unpaired) electrons. The van der Waals surface area contributed by atoms with E-state index in [1.807, 2.05) is 49.3 Å². The molecule has 0 aliphatic rings. The third kappa shape index (κ3) is 5.86. The minimum absolute atomic E-state index is 0.0370. The number of carbonyl (C=O) groups is 1. The Morgan fingerprint density at radius 1 is 0.962 bits per heavy atom. The highest BCUT2D eigenvalue weighted by atomic mass is 32.2. The highest BCUT2D eigenvalue weighted by molar-refractivity contribution is 7.91. The predicted octanol–water partition coefficient (Wildman–Crippen LogP) is 2.06. The number of carbonyl (C=O) groups excluding carboxylic acids is 1. The number of hydrogen-bond donors (Lipinski definition) is 2. The molecule has 0 aromatic heterocycles. The summed E-state index contributed by atoms with van der Waals surface area (Å²) in [5.74, 6) is -0.139. The van der Waals surface area contributed by atoms with E-state index in [1.165, 1.54) is 0 Å². The summed E-state index contributed by atoms with van der Waals surface area (Å²) in [5, 5.41) is 5.41. The number of sulfone groups is 1. The quantitative estimate of drug-likeness (QED) is 0.740. The van der Waals surface area contributed by atoms with E-state index in [4.69, 9.17) is 0 Å². The van der Waals surface area contributed by atoms with Gasteiger partial charge >= 0.3 is 6.03 Å². The molecule has 0 bridgehead atoms. The lowest BCUT2D eigenvalue weighted by Gasteiger charge is -2.25. The summed E-state index contributed by atoms with van der Waals surface area (Å²) in [6.45, 7) is 0.481. The molecule has 1 atom stereocenters. The summed E-state index contributed by atoms with van der Waals surface area (Å²) in [6, 6.07) is 17.8. The molecular weight excluding hydrogens is 350 g/mol. The topological polar surface area (TPSA) is 78.5 Å². The minimum atomic E-state index is -3.39. The average molecular weight is 375 g/mol. The Morgan fingerprint density at radius 2 is 1.54 bits per heavy atom. The molecule has 2 N–H and O–H groups in total. The molecule has 6 nitrogen and oxygen atoms in total. The monoisotopic (exact) mass is 375 g/mol. The van der Waals surface area contributed by atoms with Crippen LogP contribution < -0.4 is 10.6 Å². The van der Waals surface area contributed by atoms with Crippen LogP contribution in [0.4, 0.5) is 4.79 Å². The van der Waals surface area contributed by atoms with E-state index in [0.29, 0.717) is 6.54 Å². The first-order valence-electron chi connectivity index (χ1n) is 8.41. The first kappa shape index (κ1) is 19.9. The van der Waals surface area contributed by atoms with Crippen LogP contribution in [0.1, 0.15) is 11.6 Å². The van der Waals surface area contributed by atoms with Crippen molar-refractivity contribution in [2.24, 2.45) is 0 Å². The van der Waals surface area contributed by atoms with Gasteiger partial charge in [-0.1, -0.05) is 48.5 Å². The van der Waals surface area contributed by atoms with Gasteiger partial charge in [-0.2, -0.15) is 0 Å². The molecule has 2 rings (SSSR count). The van der Waals surface area contributed by atoms with Crippen LogP contribution in [0.3, 0.4) is 0 Å².